The van der Waals surface area contributed by atoms with Gasteiger partial charge in [0.25, 0.3) is 0 Å². The molecule has 9 nitrogen and oxygen atoms in total. The van der Waals surface area contributed by atoms with Crippen molar-refractivity contribution in [3.05, 3.63) is 60.2 Å². The summed E-state index contributed by atoms with van der Waals surface area (Å²) < 4.78 is 2.11. The minimum atomic E-state index is 0.174. The number of pyridine rings is 1. The van der Waals surface area contributed by atoms with Gasteiger partial charge in [0.2, 0.25) is 11.9 Å². The van der Waals surface area contributed by atoms with Gasteiger partial charge in [-0.25, -0.2) is 0 Å². The van der Waals surface area contributed by atoms with Gasteiger partial charge in [0.05, 0.1) is 5.75 Å². The Morgan fingerprint density at radius 3 is 2.52 bits per heavy atom. The van der Waals surface area contributed by atoms with E-state index in [0.717, 1.165) is 35.2 Å². The number of rotatable bonds is 8. The number of hydrogen-bond donors (Lipinski definition) is 2. The van der Waals surface area contributed by atoms with Crippen molar-refractivity contribution in [1.82, 2.24) is 34.7 Å². The second kappa shape index (κ2) is 9.52. The second-order valence-corrected chi connectivity index (χ2v) is 7.85. The molecule has 158 valence electrons. The van der Waals surface area contributed by atoms with Crippen molar-refractivity contribution in [3.63, 3.8) is 0 Å². The number of nitrogen functional groups attached to an aromatic ring is 1. The van der Waals surface area contributed by atoms with E-state index in [1.807, 2.05) is 43.3 Å². The van der Waals surface area contributed by atoms with Gasteiger partial charge in [-0.15, -0.1) is 10.2 Å². The molecule has 0 spiro atoms. The molecule has 0 unspecified atom stereocenters. The number of nitrogens with one attached hydrogen (secondary N) is 1. The first-order valence-electron chi connectivity index (χ1n) is 9.93. The van der Waals surface area contributed by atoms with E-state index in [0.29, 0.717) is 17.5 Å². The summed E-state index contributed by atoms with van der Waals surface area (Å²) in [5.41, 5.74) is 8.97. The van der Waals surface area contributed by atoms with E-state index < -0.39 is 0 Å². The van der Waals surface area contributed by atoms with E-state index in [4.69, 9.17) is 5.73 Å². The van der Waals surface area contributed by atoms with Crippen LogP contribution in [0.1, 0.15) is 24.7 Å². The Morgan fingerprint density at radius 1 is 1.00 bits per heavy atom. The molecule has 10 heteroatoms. The van der Waals surface area contributed by atoms with Gasteiger partial charge in [-0.3, -0.25) is 4.98 Å². The maximum atomic E-state index is 5.91. The largest absolute Gasteiger partial charge is 0.368 e. The Hall–Kier alpha value is -3.53. The van der Waals surface area contributed by atoms with Crippen LogP contribution in [0.3, 0.4) is 0 Å². The third-order valence-corrected chi connectivity index (χ3v) is 5.40. The average molecular weight is 434 g/mol. The summed E-state index contributed by atoms with van der Waals surface area (Å²) in [6, 6.07) is 11.8. The van der Waals surface area contributed by atoms with Gasteiger partial charge in [0, 0.05) is 30.2 Å². The van der Waals surface area contributed by atoms with Crippen molar-refractivity contribution < 1.29 is 0 Å². The molecule has 3 aromatic heterocycles. The quantitative estimate of drug-likeness (QED) is 0.399. The van der Waals surface area contributed by atoms with Gasteiger partial charge >= 0.3 is 0 Å². The topological polar surface area (TPSA) is 120 Å². The van der Waals surface area contributed by atoms with Crippen LogP contribution < -0.4 is 11.1 Å². The molecule has 4 aromatic rings. The number of anilines is 3. The van der Waals surface area contributed by atoms with Gasteiger partial charge in [-0.2, -0.15) is 15.0 Å². The van der Waals surface area contributed by atoms with Crippen molar-refractivity contribution in [2.75, 3.05) is 11.1 Å². The first-order valence-corrected chi connectivity index (χ1v) is 10.9. The predicted molar refractivity (Wildman–Crippen MR) is 122 cm³/mol. The molecular formula is C21H23N9S. The summed E-state index contributed by atoms with van der Waals surface area (Å²) in [6.45, 7) is 4.98. The van der Waals surface area contributed by atoms with Crippen molar-refractivity contribution in [2.24, 2.45) is 0 Å². The molecule has 0 atom stereocenters. The normalized spacial score (nSPS) is 10.9. The molecule has 0 aliphatic rings. The first kappa shape index (κ1) is 20.7. The highest BCUT2D eigenvalue weighted by Gasteiger charge is 2.15. The molecule has 0 saturated heterocycles. The van der Waals surface area contributed by atoms with E-state index >= 15 is 0 Å². The Kier molecular flexibility index (Phi) is 6.37. The third-order valence-electron chi connectivity index (χ3n) is 4.44. The van der Waals surface area contributed by atoms with E-state index in [1.54, 1.807) is 12.4 Å². The molecule has 0 aliphatic carbocycles. The van der Waals surface area contributed by atoms with Crippen LogP contribution in [0.5, 0.6) is 0 Å². The number of thioether (sulfide) groups is 1. The average Bonchev–Trinajstić information content (AvgIpc) is 3.17. The molecule has 4 rings (SSSR count). The maximum Gasteiger partial charge on any atom is 0.232 e. The molecule has 0 aliphatic heterocycles. The highest BCUT2D eigenvalue weighted by atomic mass is 32.2. The van der Waals surface area contributed by atoms with Crippen LogP contribution in [0.2, 0.25) is 0 Å². The van der Waals surface area contributed by atoms with Crippen LogP contribution in [-0.4, -0.2) is 34.7 Å². The lowest BCUT2D eigenvalue weighted by atomic mass is 10.2. The van der Waals surface area contributed by atoms with Crippen molar-refractivity contribution in [2.45, 2.75) is 37.7 Å². The Bertz CT molecular complexity index is 1140. The van der Waals surface area contributed by atoms with Crippen LogP contribution >= 0.6 is 11.8 Å². The molecule has 31 heavy (non-hydrogen) atoms. The van der Waals surface area contributed by atoms with Gasteiger partial charge < -0.3 is 15.6 Å². The lowest BCUT2D eigenvalue weighted by Crippen LogP contribution is -2.07. The molecule has 0 saturated carbocycles. The summed E-state index contributed by atoms with van der Waals surface area (Å²) in [7, 11) is 0. The zero-order chi connectivity index (χ0) is 21.6. The minimum Gasteiger partial charge on any atom is -0.368 e. The highest BCUT2D eigenvalue weighted by Crippen LogP contribution is 2.26. The molecule has 0 bridgehead atoms. The van der Waals surface area contributed by atoms with Gasteiger partial charge in [-0.1, -0.05) is 36.4 Å². The first-order chi connectivity index (χ1) is 15.1. The van der Waals surface area contributed by atoms with E-state index in [1.165, 1.54) is 17.3 Å². The number of aromatic nitrogens is 7. The summed E-state index contributed by atoms with van der Waals surface area (Å²) >= 11 is 1.52. The predicted octanol–water partition coefficient (Wildman–Crippen LogP) is 3.86. The molecule has 3 N–H and O–H groups in total. The van der Waals surface area contributed by atoms with Crippen molar-refractivity contribution >= 4 is 29.3 Å². The third kappa shape index (κ3) is 5.15. The zero-order valence-electron chi connectivity index (χ0n) is 17.4. The maximum absolute atomic E-state index is 5.91. The molecular weight excluding hydrogens is 410 g/mol. The molecule has 1 aromatic carbocycles. The minimum absolute atomic E-state index is 0.174. The second-order valence-electron chi connectivity index (χ2n) is 6.91. The van der Waals surface area contributed by atoms with Crippen LogP contribution in [0.4, 0.5) is 17.6 Å². The monoisotopic (exact) mass is 433 g/mol. The smallest absolute Gasteiger partial charge is 0.232 e. The number of aryl methyl sites for hydroxylation is 1. The molecule has 3 heterocycles. The highest BCUT2D eigenvalue weighted by molar-refractivity contribution is 7.98. The Morgan fingerprint density at radius 2 is 1.77 bits per heavy atom. The SMILES string of the molecule is CCCn1c(SCc2nc(N)nc(Nc3ccc(C)cc3)n2)nnc1-c1ccncc1. The van der Waals surface area contributed by atoms with Gasteiger partial charge in [-0.05, 0) is 37.6 Å². The van der Waals surface area contributed by atoms with Crippen LogP contribution in [0.25, 0.3) is 11.4 Å². The molecule has 0 amide bonds. The van der Waals surface area contributed by atoms with E-state index in [2.05, 4.69) is 46.9 Å². The number of benzene rings is 1. The van der Waals surface area contributed by atoms with Crippen LogP contribution in [0, 0.1) is 6.92 Å². The molecule has 0 fully saturated rings. The summed E-state index contributed by atoms with van der Waals surface area (Å²) in [5.74, 6) is 2.48. The summed E-state index contributed by atoms with van der Waals surface area (Å²) in [4.78, 5) is 17.1. The van der Waals surface area contributed by atoms with E-state index in [-0.39, 0.29) is 5.95 Å². The fourth-order valence-corrected chi connectivity index (χ4v) is 3.81. The fraction of sp³-hybridized carbons (Fsp3) is 0.238. The Labute approximate surface area is 184 Å². The number of nitrogens with zero attached hydrogens (tertiary/aromatic N) is 7. The van der Waals surface area contributed by atoms with Gasteiger partial charge in [0.15, 0.2) is 11.0 Å². The van der Waals surface area contributed by atoms with Crippen molar-refractivity contribution in [1.29, 1.82) is 0 Å². The zero-order valence-corrected chi connectivity index (χ0v) is 18.2. The van der Waals surface area contributed by atoms with Crippen molar-refractivity contribution in [3.8, 4) is 11.4 Å². The lowest BCUT2D eigenvalue weighted by molar-refractivity contribution is 0.626. The standard InChI is InChI=1S/C21H23N9S/c1-3-12-30-18(15-8-10-23-11-9-15)28-29-21(30)31-13-17-25-19(22)27-20(26-17)24-16-6-4-14(2)5-7-16/h4-11H,3,12-13H2,1-2H3,(H3,22,24,25,26,27). The van der Waals surface area contributed by atoms with Crippen LogP contribution in [-0.2, 0) is 12.3 Å². The summed E-state index contributed by atoms with van der Waals surface area (Å²) in [6.07, 6.45) is 4.47. The van der Waals surface area contributed by atoms with E-state index in [9.17, 15) is 0 Å². The number of hydrogen-bond acceptors (Lipinski definition) is 9. The van der Waals surface area contributed by atoms with Crippen LogP contribution in [0.15, 0.2) is 53.9 Å². The van der Waals surface area contributed by atoms with Gasteiger partial charge in [0.1, 0.15) is 5.82 Å². The number of nitrogens with two attached hydrogens (primary N) is 1. The Balaban J connectivity index is 1.52. The summed E-state index contributed by atoms with van der Waals surface area (Å²) in [5, 5.41) is 12.8. The molecule has 0 radical (unpaired) electrons. The fourth-order valence-electron chi connectivity index (χ4n) is 2.99. The lowest BCUT2D eigenvalue weighted by Gasteiger charge is -2.09.